The maximum Gasteiger partial charge on any atom is 0.244 e. The standard InChI is InChI=1S/C12H20N2O3/c1-3-4-8-17-9-7-14-6-5-11(15)13-10(2)12(14)16/h3,10H,1,4-9H2,2H3,(H,13,15). The molecule has 0 aromatic heterocycles. The molecular formula is C12H20N2O3. The van der Waals surface area contributed by atoms with Crippen LogP contribution in [0.3, 0.4) is 0 Å². The summed E-state index contributed by atoms with van der Waals surface area (Å²) < 4.78 is 5.36. The quantitative estimate of drug-likeness (QED) is 0.537. The molecule has 2 amide bonds. The molecule has 1 N–H and O–H groups in total. The fourth-order valence-electron chi connectivity index (χ4n) is 1.66. The normalized spacial score (nSPS) is 21.0. The Kier molecular flexibility index (Phi) is 5.69. The van der Waals surface area contributed by atoms with Crippen molar-refractivity contribution in [1.82, 2.24) is 10.2 Å². The Morgan fingerprint density at radius 3 is 3.00 bits per heavy atom. The van der Waals surface area contributed by atoms with Crippen LogP contribution in [0.2, 0.25) is 0 Å². The minimum atomic E-state index is -0.432. The van der Waals surface area contributed by atoms with Crippen molar-refractivity contribution in [3.05, 3.63) is 12.7 Å². The zero-order valence-corrected chi connectivity index (χ0v) is 10.3. The van der Waals surface area contributed by atoms with E-state index in [0.29, 0.717) is 32.7 Å². The second kappa shape index (κ2) is 7.06. The molecule has 0 aromatic rings. The van der Waals surface area contributed by atoms with Crippen molar-refractivity contribution in [3.63, 3.8) is 0 Å². The van der Waals surface area contributed by atoms with Crippen LogP contribution in [0.5, 0.6) is 0 Å². The van der Waals surface area contributed by atoms with E-state index in [-0.39, 0.29) is 11.8 Å². The van der Waals surface area contributed by atoms with Gasteiger partial charge in [-0.05, 0) is 13.3 Å². The van der Waals surface area contributed by atoms with Crippen LogP contribution in [-0.2, 0) is 14.3 Å². The number of hydrogen-bond donors (Lipinski definition) is 1. The van der Waals surface area contributed by atoms with Crippen molar-refractivity contribution in [2.24, 2.45) is 0 Å². The van der Waals surface area contributed by atoms with Crippen LogP contribution in [0.25, 0.3) is 0 Å². The smallest absolute Gasteiger partial charge is 0.244 e. The number of carbonyl (C=O) groups excluding carboxylic acids is 2. The van der Waals surface area contributed by atoms with Crippen LogP contribution < -0.4 is 5.32 Å². The first kappa shape index (κ1) is 13.7. The number of ether oxygens (including phenoxy) is 1. The van der Waals surface area contributed by atoms with Gasteiger partial charge in [0.2, 0.25) is 11.8 Å². The van der Waals surface area contributed by atoms with E-state index in [0.717, 1.165) is 6.42 Å². The van der Waals surface area contributed by atoms with Gasteiger partial charge in [0.25, 0.3) is 0 Å². The van der Waals surface area contributed by atoms with Gasteiger partial charge in [0.1, 0.15) is 6.04 Å². The van der Waals surface area contributed by atoms with Crippen LogP contribution >= 0.6 is 0 Å². The molecule has 0 aliphatic carbocycles. The highest BCUT2D eigenvalue weighted by molar-refractivity contribution is 5.89. The molecule has 1 atom stereocenters. The second-order valence-corrected chi connectivity index (χ2v) is 4.05. The molecule has 1 fully saturated rings. The first-order valence-electron chi connectivity index (χ1n) is 5.92. The molecule has 1 unspecified atom stereocenters. The molecule has 0 bridgehead atoms. The molecule has 1 aliphatic heterocycles. The predicted molar refractivity (Wildman–Crippen MR) is 64.4 cm³/mol. The zero-order valence-electron chi connectivity index (χ0n) is 10.3. The number of rotatable bonds is 6. The molecule has 0 saturated carbocycles. The summed E-state index contributed by atoms with van der Waals surface area (Å²) in [6, 6.07) is -0.432. The minimum absolute atomic E-state index is 0.0387. The van der Waals surface area contributed by atoms with Gasteiger partial charge in [0.05, 0.1) is 13.2 Å². The molecule has 5 nitrogen and oxygen atoms in total. The predicted octanol–water partition coefficient (Wildman–Crippen LogP) is 0.316. The lowest BCUT2D eigenvalue weighted by atomic mass is 10.3. The summed E-state index contributed by atoms with van der Waals surface area (Å²) in [7, 11) is 0. The Labute approximate surface area is 102 Å². The average molecular weight is 240 g/mol. The van der Waals surface area contributed by atoms with Crippen molar-refractivity contribution in [2.45, 2.75) is 25.8 Å². The van der Waals surface area contributed by atoms with Gasteiger partial charge in [0, 0.05) is 19.5 Å². The molecule has 0 aromatic carbocycles. The van der Waals surface area contributed by atoms with Gasteiger partial charge >= 0.3 is 0 Å². The van der Waals surface area contributed by atoms with E-state index in [2.05, 4.69) is 11.9 Å². The van der Waals surface area contributed by atoms with E-state index in [1.807, 2.05) is 0 Å². The fourth-order valence-corrected chi connectivity index (χ4v) is 1.66. The van der Waals surface area contributed by atoms with Crippen LogP contribution in [-0.4, -0.2) is 49.1 Å². The summed E-state index contributed by atoms with van der Waals surface area (Å²) in [6.07, 6.45) is 2.97. The molecule has 1 aliphatic rings. The highest BCUT2D eigenvalue weighted by atomic mass is 16.5. The SMILES string of the molecule is C=CCCOCCN1CCC(=O)NC(C)C1=O. The molecular weight excluding hydrogens is 220 g/mol. The van der Waals surface area contributed by atoms with Crippen molar-refractivity contribution < 1.29 is 14.3 Å². The minimum Gasteiger partial charge on any atom is -0.379 e. The number of nitrogens with zero attached hydrogens (tertiary/aromatic N) is 1. The lowest BCUT2D eigenvalue weighted by Crippen LogP contribution is -2.43. The Morgan fingerprint density at radius 2 is 2.29 bits per heavy atom. The molecule has 0 spiro atoms. The van der Waals surface area contributed by atoms with Gasteiger partial charge in [-0.3, -0.25) is 9.59 Å². The summed E-state index contributed by atoms with van der Waals surface area (Å²) in [4.78, 5) is 24.8. The Hall–Kier alpha value is -1.36. The lowest BCUT2D eigenvalue weighted by molar-refractivity contribution is -0.133. The molecule has 1 heterocycles. The average Bonchev–Trinajstić information content (AvgIpc) is 2.42. The first-order chi connectivity index (χ1) is 8.15. The van der Waals surface area contributed by atoms with Gasteiger partial charge in [-0.15, -0.1) is 6.58 Å². The number of nitrogens with one attached hydrogen (secondary N) is 1. The summed E-state index contributed by atoms with van der Waals surface area (Å²) in [5.41, 5.74) is 0. The van der Waals surface area contributed by atoms with Crippen LogP contribution in [0.1, 0.15) is 19.8 Å². The third-order valence-electron chi connectivity index (χ3n) is 2.64. The van der Waals surface area contributed by atoms with Gasteiger partial charge < -0.3 is 15.0 Å². The summed E-state index contributed by atoms with van der Waals surface area (Å²) >= 11 is 0. The number of amides is 2. The van der Waals surface area contributed by atoms with Crippen LogP contribution in [0, 0.1) is 0 Å². The van der Waals surface area contributed by atoms with E-state index < -0.39 is 6.04 Å². The first-order valence-corrected chi connectivity index (χ1v) is 5.92. The number of carbonyl (C=O) groups is 2. The molecule has 1 saturated heterocycles. The van der Waals surface area contributed by atoms with E-state index in [1.165, 1.54) is 0 Å². The maximum absolute atomic E-state index is 11.9. The van der Waals surface area contributed by atoms with Gasteiger partial charge in [0.15, 0.2) is 0 Å². The van der Waals surface area contributed by atoms with Crippen molar-refractivity contribution in [2.75, 3.05) is 26.3 Å². The number of hydrogen-bond acceptors (Lipinski definition) is 3. The topological polar surface area (TPSA) is 58.6 Å². The summed E-state index contributed by atoms with van der Waals surface area (Å²) in [6.45, 7) is 7.44. The Bertz CT molecular complexity index is 291. The summed E-state index contributed by atoms with van der Waals surface area (Å²) in [5.74, 6) is -0.107. The molecule has 0 radical (unpaired) electrons. The molecule has 1 rings (SSSR count). The van der Waals surface area contributed by atoms with Crippen LogP contribution in [0.4, 0.5) is 0 Å². The third kappa shape index (κ3) is 4.56. The van der Waals surface area contributed by atoms with E-state index in [4.69, 9.17) is 4.74 Å². The van der Waals surface area contributed by atoms with E-state index >= 15 is 0 Å². The molecule has 17 heavy (non-hydrogen) atoms. The van der Waals surface area contributed by atoms with Crippen molar-refractivity contribution in [3.8, 4) is 0 Å². The Morgan fingerprint density at radius 1 is 1.53 bits per heavy atom. The Balaban J connectivity index is 2.33. The highest BCUT2D eigenvalue weighted by Crippen LogP contribution is 2.03. The monoisotopic (exact) mass is 240 g/mol. The lowest BCUT2D eigenvalue weighted by Gasteiger charge is -2.21. The van der Waals surface area contributed by atoms with E-state index in [1.54, 1.807) is 17.9 Å². The summed E-state index contributed by atoms with van der Waals surface area (Å²) in [5, 5.41) is 2.65. The maximum atomic E-state index is 11.9. The van der Waals surface area contributed by atoms with Crippen molar-refractivity contribution >= 4 is 11.8 Å². The van der Waals surface area contributed by atoms with Gasteiger partial charge in [-0.1, -0.05) is 6.08 Å². The largest absolute Gasteiger partial charge is 0.379 e. The van der Waals surface area contributed by atoms with Crippen molar-refractivity contribution in [1.29, 1.82) is 0 Å². The zero-order chi connectivity index (χ0) is 12.7. The van der Waals surface area contributed by atoms with Crippen LogP contribution in [0.15, 0.2) is 12.7 Å². The highest BCUT2D eigenvalue weighted by Gasteiger charge is 2.25. The molecule has 5 heteroatoms. The van der Waals surface area contributed by atoms with E-state index in [9.17, 15) is 9.59 Å². The van der Waals surface area contributed by atoms with Gasteiger partial charge in [-0.25, -0.2) is 0 Å². The fraction of sp³-hybridized carbons (Fsp3) is 0.667. The third-order valence-corrected chi connectivity index (χ3v) is 2.64. The molecule has 96 valence electrons. The second-order valence-electron chi connectivity index (χ2n) is 4.05. The van der Waals surface area contributed by atoms with Gasteiger partial charge in [-0.2, -0.15) is 0 Å².